The monoisotopic (exact) mass is 303 g/mol. The summed E-state index contributed by atoms with van der Waals surface area (Å²) in [6.45, 7) is 4.00. The highest BCUT2D eigenvalue weighted by atomic mass is 79.9. The highest BCUT2D eigenvalue weighted by Crippen LogP contribution is 2.23. The topological polar surface area (TPSA) is 21.3 Å². The molecule has 0 bridgehead atoms. The maximum Gasteiger partial charge on any atom is 0.0820 e. The molecule has 90 valence electrons. The van der Waals surface area contributed by atoms with Gasteiger partial charge < -0.3 is 10.1 Å². The van der Waals surface area contributed by atoms with Gasteiger partial charge in [0.1, 0.15) is 0 Å². The summed E-state index contributed by atoms with van der Waals surface area (Å²) in [5.41, 5.74) is 0. The number of piperidine rings is 1. The van der Waals surface area contributed by atoms with Gasteiger partial charge in [-0.05, 0) is 65.6 Å². The van der Waals surface area contributed by atoms with Crippen LogP contribution in [0.25, 0.3) is 0 Å². The zero-order valence-corrected chi connectivity index (χ0v) is 11.8. The first-order chi connectivity index (χ1) is 7.86. The molecule has 1 saturated heterocycles. The molecule has 1 aromatic heterocycles. The van der Waals surface area contributed by atoms with Gasteiger partial charge in [-0.15, -0.1) is 11.3 Å². The molecule has 1 atom stereocenters. The molecule has 0 radical (unpaired) electrons. The minimum absolute atomic E-state index is 0.748. The van der Waals surface area contributed by atoms with E-state index in [1.807, 2.05) is 0 Å². The van der Waals surface area contributed by atoms with Crippen molar-refractivity contribution in [3.63, 3.8) is 0 Å². The van der Waals surface area contributed by atoms with Crippen molar-refractivity contribution in [2.75, 3.05) is 19.7 Å². The molecule has 0 aliphatic carbocycles. The highest BCUT2D eigenvalue weighted by Gasteiger charge is 2.12. The number of rotatable bonds is 5. The fourth-order valence-corrected chi connectivity index (χ4v) is 3.42. The summed E-state index contributed by atoms with van der Waals surface area (Å²) in [6.07, 6.45) is 3.87. The van der Waals surface area contributed by atoms with E-state index in [2.05, 4.69) is 32.7 Å². The summed E-state index contributed by atoms with van der Waals surface area (Å²) in [4.78, 5) is 1.29. The van der Waals surface area contributed by atoms with Crippen molar-refractivity contribution in [1.82, 2.24) is 5.32 Å². The summed E-state index contributed by atoms with van der Waals surface area (Å²) < 4.78 is 6.89. The maximum atomic E-state index is 5.71. The molecular weight excluding hydrogens is 286 g/mol. The number of hydrogen-bond donors (Lipinski definition) is 1. The molecule has 4 heteroatoms. The lowest BCUT2D eigenvalue weighted by molar-refractivity contribution is 0.105. The van der Waals surface area contributed by atoms with Crippen LogP contribution in [0.1, 0.15) is 24.1 Å². The van der Waals surface area contributed by atoms with Crippen molar-refractivity contribution in [3.05, 3.63) is 20.8 Å². The molecule has 1 aliphatic rings. The largest absolute Gasteiger partial charge is 0.376 e. The van der Waals surface area contributed by atoms with Gasteiger partial charge in [-0.1, -0.05) is 0 Å². The molecule has 1 fully saturated rings. The van der Waals surface area contributed by atoms with Gasteiger partial charge in [0, 0.05) is 16.0 Å². The molecule has 0 aromatic carbocycles. The molecule has 16 heavy (non-hydrogen) atoms. The number of nitrogens with one attached hydrogen (secondary N) is 1. The van der Waals surface area contributed by atoms with Crippen LogP contribution in [0.15, 0.2) is 15.9 Å². The number of hydrogen-bond acceptors (Lipinski definition) is 3. The van der Waals surface area contributed by atoms with Crippen LogP contribution in [0.5, 0.6) is 0 Å². The van der Waals surface area contributed by atoms with E-state index < -0.39 is 0 Å². The average Bonchev–Trinajstić information content (AvgIpc) is 2.72. The zero-order chi connectivity index (χ0) is 11.2. The van der Waals surface area contributed by atoms with E-state index in [-0.39, 0.29) is 0 Å². The minimum Gasteiger partial charge on any atom is -0.376 e. The highest BCUT2D eigenvalue weighted by molar-refractivity contribution is 9.10. The summed E-state index contributed by atoms with van der Waals surface area (Å²) in [7, 11) is 0. The average molecular weight is 304 g/mol. The summed E-state index contributed by atoms with van der Waals surface area (Å²) in [5, 5.41) is 5.53. The van der Waals surface area contributed by atoms with Gasteiger partial charge in [0.15, 0.2) is 0 Å². The minimum atomic E-state index is 0.748. The standard InChI is InChI=1S/C12H18BrNOS/c13-11-4-7-16-12(11)9-15-6-3-10-2-1-5-14-8-10/h4,7,10,14H,1-3,5-6,8-9H2. The maximum absolute atomic E-state index is 5.71. The van der Waals surface area contributed by atoms with Crippen molar-refractivity contribution >= 4 is 27.3 Å². The van der Waals surface area contributed by atoms with E-state index in [4.69, 9.17) is 4.74 Å². The quantitative estimate of drug-likeness (QED) is 0.842. The third-order valence-corrected chi connectivity index (χ3v) is 4.89. The van der Waals surface area contributed by atoms with Crippen LogP contribution >= 0.6 is 27.3 Å². The molecule has 0 amide bonds. The van der Waals surface area contributed by atoms with Gasteiger partial charge in [0.05, 0.1) is 6.61 Å². The summed E-state index contributed by atoms with van der Waals surface area (Å²) in [6, 6.07) is 2.08. The Balaban J connectivity index is 1.59. The van der Waals surface area contributed by atoms with E-state index >= 15 is 0 Å². The van der Waals surface area contributed by atoms with Crippen LogP contribution in [0.3, 0.4) is 0 Å². The second-order valence-corrected chi connectivity index (χ2v) is 6.10. The van der Waals surface area contributed by atoms with E-state index in [1.54, 1.807) is 11.3 Å². The second-order valence-electron chi connectivity index (χ2n) is 4.25. The Morgan fingerprint density at radius 3 is 3.19 bits per heavy atom. The van der Waals surface area contributed by atoms with Crippen LogP contribution < -0.4 is 5.32 Å². The molecule has 2 heterocycles. The molecule has 1 aliphatic heterocycles. The lowest BCUT2D eigenvalue weighted by Crippen LogP contribution is -2.30. The molecular formula is C12H18BrNOS. The number of ether oxygens (including phenoxy) is 1. The lowest BCUT2D eigenvalue weighted by Gasteiger charge is -2.22. The SMILES string of the molecule is Brc1ccsc1COCCC1CCCNC1. The van der Waals surface area contributed by atoms with Gasteiger partial charge in [-0.25, -0.2) is 0 Å². The van der Waals surface area contributed by atoms with Crippen LogP contribution in [-0.2, 0) is 11.3 Å². The van der Waals surface area contributed by atoms with Crippen LogP contribution in [-0.4, -0.2) is 19.7 Å². The van der Waals surface area contributed by atoms with Crippen LogP contribution in [0, 0.1) is 5.92 Å². The van der Waals surface area contributed by atoms with Crippen molar-refractivity contribution in [2.45, 2.75) is 25.9 Å². The first kappa shape index (κ1) is 12.6. The van der Waals surface area contributed by atoms with Gasteiger partial charge in [-0.3, -0.25) is 0 Å². The predicted molar refractivity (Wildman–Crippen MR) is 71.9 cm³/mol. The Labute approximate surface area is 110 Å². The zero-order valence-electron chi connectivity index (χ0n) is 9.38. The Morgan fingerprint density at radius 2 is 2.50 bits per heavy atom. The molecule has 0 saturated carbocycles. The first-order valence-corrected chi connectivity index (χ1v) is 7.54. The molecule has 2 rings (SSSR count). The fourth-order valence-electron chi connectivity index (χ4n) is 2.01. The Morgan fingerprint density at radius 1 is 1.56 bits per heavy atom. The van der Waals surface area contributed by atoms with Crippen LogP contribution in [0.2, 0.25) is 0 Å². The summed E-state index contributed by atoms with van der Waals surface area (Å²) >= 11 is 5.27. The van der Waals surface area contributed by atoms with Crippen molar-refractivity contribution in [2.24, 2.45) is 5.92 Å². The normalized spacial score (nSPS) is 21.2. The molecule has 1 aromatic rings. The Hall–Kier alpha value is 0.1000. The van der Waals surface area contributed by atoms with Crippen LogP contribution in [0.4, 0.5) is 0 Å². The lowest BCUT2D eigenvalue weighted by atomic mass is 9.97. The van der Waals surface area contributed by atoms with Gasteiger partial charge in [0.25, 0.3) is 0 Å². The van der Waals surface area contributed by atoms with E-state index in [0.717, 1.165) is 19.1 Å². The van der Waals surface area contributed by atoms with Crippen molar-refractivity contribution in [3.8, 4) is 0 Å². The number of halogens is 1. The molecule has 1 unspecified atom stereocenters. The fraction of sp³-hybridized carbons (Fsp3) is 0.667. The van der Waals surface area contributed by atoms with Gasteiger partial charge >= 0.3 is 0 Å². The Bertz CT molecular complexity index is 310. The first-order valence-electron chi connectivity index (χ1n) is 5.86. The third kappa shape index (κ3) is 3.84. The van der Waals surface area contributed by atoms with Crippen molar-refractivity contribution < 1.29 is 4.74 Å². The van der Waals surface area contributed by atoms with E-state index in [0.29, 0.717) is 0 Å². The van der Waals surface area contributed by atoms with Crippen molar-refractivity contribution in [1.29, 1.82) is 0 Å². The van der Waals surface area contributed by atoms with E-state index in [9.17, 15) is 0 Å². The number of thiophene rings is 1. The third-order valence-electron chi connectivity index (χ3n) is 2.99. The van der Waals surface area contributed by atoms with Gasteiger partial charge in [0.2, 0.25) is 0 Å². The molecule has 1 N–H and O–H groups in total. The predicted octanol–water partition coefficient (Wildman–Crippen LogP) is 3.42. The summed E-state index contributed by atoms with van der Waals surface area (Å²) in [5.74, 6) is 0.820. The second kappa shape index (κ2) is 6.74. The Kier molecular flexibility index (Phi) is 5.29. The smallest absolute Gasteiger partial charge is 0.0820 e. The van der Waals surface area contributed by atoms with E-state index in [1.165, 1.54) is 41.7 Å². The van der Waals surface area contributed by atoms with Gasteiger partial charge in [-0.2, -0.15) is 0 Å². The molecule has 0 spiro atoms. The molecule has 2 nitrogen and oxygen atoms in total.